The molecule has 5 rings (SSSR count). The molecule has 8 heteroatoms. The van der Waals surface area contributed by atoms with Gasteiger partial charge in [-0.15, -0.1) is 0 Å². The number of rotatable bonds is 15. The molecule has 0 bridgehead atoms. The summed E-state index contributed by atoms with van der Waals surface area (Å²) in [6.07, 6.45) is 12.3. The van der Waals surface area contributed by atoms with Crippen LogP contribution in [0, 0.1) is 23.2 Å². The lowest BCUT2D eigenvalue weighted by atomic mass is 9.76. The fourth-order valence-corrected chi connectivity index (χ4v) is 7.06. The van der Waals surface area contributed by atoms with Crippen molar-refractivity contribution < 1.29 is 28.5 Å². The number of ether oxygens (including phenoxy) is 5. The van der Waals surface area contributed by atoms with E-state index in [0.717, 1.165) is 40.5 Å². The first-order valence-corrected chi connectivity index (χ1v) is 17.4. The van der Waals surface area contributed by atoms with Gasteiger partial charge in [-0.05, 0) is 90.8 Å². The summed E-state index contributed by atoms with van der Waals surface area (Å²) in [5, 5.41) is 10.6. The Kier molecular flexibility index (Phi) is 12.7. The van der Waals surface area contributed by atoms with Crippen molar-refractivity contribution in [2.45, 2.75) is 77.4 Å². The van der Waals surface area contributed by atoms with E-state index in [1.807, 2.05) is 12.1 Å². The molecule has 2 fully saturated rings. The lowest BCUT2D eigenvalue weighted by Gasteiger charge is -2.30. The number of carbonyl (C=O) groups is 1. The molecule has 1 saturated carbocycles. The third-order valence-electron chi connectivity index (χ3n) is 9.41. The molecule has 1 aliphatic carbocycles. The number of benzene rings is 3. The lowest BCUT2D eigenvalue weighted by molar-refractivity contribution is -0.215. The lowest BCUT2D eigenvalue weighted by Crippen LogP contribution is -2.37. The molecule has 3 aromatic rings. The average Bonchev–Trinajstić information content (AvgIpc) is 3.09. The van der Waals surface area contributed by atoms with Crippen LogP contribution in [0.2, 0.25) is 5.02 Å². The molecule has 1 aliphatic heterocycles. The third kappa shape index (κ3) is 9.37. The van der Waals surface area contributed by atoms with Crippen molar-refractivity contribution in [3.8, 4) is 11.5 Å². The Morgan fingerprint density at radius 3 is 2.36 bits per heavy atom. The quantitative estimate of drug-likeness (QED) is 0.0574. The van der Waals surface area contributed by atoms with E-state index in [1.54, 1.807) is 30.3 Å². The maximum atomic E-state index is 13.1. The molecular formula is C39H48ClNO6. The number of nitrogens with one attached hydrogen (secondary N) is 1. The Hall–Kier alpha value is -3.39. The highest BCUT2D eigenvalue weighted by atomic mass is 35.5. The second-order valence-electron chi connectivity index (χ2n) is 13.3. The highest BCUT2D eigenvalue weighted by Gasteiger charge is 2.26. The highest BCUT2D eigenvalue weighted by molar-refractivity contribution is 6.36. The van der Waals surface area contributed by atoms with Crippen LogP contribution in [-0.4, -0.2) is 44.9 Å². The molecule has 252 valence electrons. The zero-order chi connectivity index (χ0) is 33.2. The third-order valence-corrected chi connectivity index (χ3v) is 9.83. The van der Waals surface area contributed by atoms with E-state index in [9.17, 15) is 4.79 Å². The normalized spacial score (nSPS) is 21.4. The van der Waals surface area contributed by atoms with Gasteiger partial charge in [0.2, 0.25) is 0 Å². The fourth-order valence-electron chi connectivity index (χ4n) is 6.68. The topological polar surface area (TPSA) is 87.1 Å². The minimum atomic E-state index is -0.519. The fraction of sp³-hybridized carbons (Fsp3) is 0.487. The van der Waals surface area contributed by atoms with Crippen molar-refractivity contribution in [1.82, 2.24) is 0 Å². The van der Waals surface area contributed by atoms with Gasteiger partial charge >= 0.3 is 5.97 Å². The van der Waals surface area contributed by atoms with E-state index < -0.39 is 12.3 Å². The van der Waals surface area contributed by atoms with Gasteiger partial charge < -0.3 is 29.1 Å². The standard InChI is InChI=1S/C39H48ClNO6/c1-4-43-22-28-23-45-37(46-24-28)25-44-31-15-13-30(14-16-31)39(42)47-36-20-19-34-33(35(36)21-41)18-17-32(38(34)40)29-11-9-27(10-12-29)8-6-5-7-26(2)3/h4,13-21,26-29,37,41H,1,5-12,22-25H2,2-3H3. The van der Waals surface area contributed by atoms with Crippen molar-refractivity contribution in [3.63, 3.8) is 0 Å². The molecule has 1 heterocycles. The smallest absolute Gasteiger partial charge is 0.343 e. The molecular weight excluding hydrogens is 614 g/mol. The number of hydrogen-bond acceptors (Lipinski definition) is 7. The van der Waals surface area contributed by atoms with E-state index in [4.69, 9.17) is 40.7 Å². The summed E-state index contributed by atoms with van der Waals surface area (Å²) < 4.78 is 28.2. The molecule has 1 N–H and O–H groups in total. The molecule has 7 nitrogen and oxygen atoms in total. The van der Waals surface area contributed by atoms with Crippen LogP contribution in [0.3, 0.4) is 0 Å². The Bertz CT molecular complexity index is 1490. The van der Waals surface area contributed by atoms with Crippen LogP contribution >= 0.6 is 11.6 Å². The first-order valence-electron chi connectivity index (χ1n) is 17.0. The molecule has 0 unspecified atom stereocenters. The predicted molar refractivity (Wildman–Crippen MR) is 187 cm³/mol. The van der Waals surface area contributed by atoms with Crippen LogP contribution in [0.4, 0.5) is 0 Å². The first kappa shape index (κ1) is 34.9. The van der Waals surface area contributed by atoms with E-state index in [1.165, 1.54) is 56.6 Å². The average molecular weight is 662 g/mol. The monoisotopic (exact) mass is 661 g/mol. The SMILES string of the molecule is C=COCC1COC(COc2ccc(C(=O)Oc3ccc4c(Cl)c(C5CCC(CCCCC(C)C)CC5)ccc4c3C=N)cc2)OC1. The summed E-state index contributed by atoms with van der Waals surface area (Å²) in [4.78, 5) is 13.1. The summed E-state index contributed by atoms with van der Waals surface area (Å²) in [5.74, 6) is 2.60. The van der Waals surface area contributed by atoms with Gasteiger partial charge in [-0.2, -0.15) is 0 Å². The zero-order valence-corrected chi connectivity index (χ0v) is 28.4. The second kappa shape index (κ2) is 17.1. The second-order valence-corrected chi connectivity index (χ2v) is 13.6. The van der Waals surface area contributed by atoms with Crippen LogP contribution < -0.4 is 9.47 Å². The molecule has 2 aliphatic rings. The molecule has 1 saturated heterocycles. The van der Waals surface area contributed by atoms with Crippen molar-refractivity contribution in [2.75, 3.05) is 26.4 Å². The van der Waals surface area contributed by atoms with Crippen molar-refractivity contribution in [3.05, 3.63) is 83.1 Å². The van der Waals surface area contributed by atoms with Gasteiger partial charge in [-0.1, -0.05) is 69.8 Å². The minimum absolute atomic E-state index is 0.156. The van der Waals surface area contributed by atoms with Gasteiger partial charge in [-0.25, -0.2) is 4.79 Å². The number of unbranched alkanes of at least 4 members (excludes halogenated alkanes) is 1. The Morgan fingerprint density at radius 2 is 1.68 bits per heavy atom. The van der Waals surface area contributed by atoms with E-state index in [2.05, 4.69) is 26.5 Å². The van der Waals surface area contributed by atoms with E-state index in [-0.39, 0.29) is 12.5 Å². The maximum absolute atomic E-state index is 13.1. The van der Waals surface area contributed by atoms with Gasteiger partial charge in [0.25, 0.3) is 0 Å². The van der Waals surface area contributed by atoms with Crippen LogP contribution in [-0.2, 0) is 14.2 Å². The molecule has 0 atom stereocenters. The van der Waals surface area contributed by atoms with Crippen LogP contribution in [0.25, 0.3) is 10.8 Å². The van der Waals surface area contributed by atoms with E-state index in [0.29, 0.717) is 48.4 Å². The Morgan fingerprint density at radius 1 is 0.957 bits per heavy atom. The van der Waals surface area contributed by atoms with Gasteiger partial charge in [0.15, 0.2) is 6.29 Å². The summed E-state index contributed by atoms with van der Waals surface area (Å²) in [6, 6.07) is 14.5. The summed E-state index contributed by atoms with van der Waals surface area (Å²) in [6.45, 7) is 9.92. The molecule has 47 heavy (non-hydrogen) atoms. The van der Waals surface area contributed by atoms with E-state index >= 15 is 0 Å². The molecule has 0 aromatic heterocycles. The minimum Gasteiger partial charge on any atom is -0.501 e. The number of halogens is 1. The van der Waals surface area contributed by atoms with Gasteiger partial charge in [0.05, 0.1) is 36.7 Å². The maximum Gasteiger partial charge on any atom is 0.343 e. The van der Waals surface area contributed by atoms with Crippen LogP contribution in [0.15, 0.2) is 61.4 Å². The van der Waals surface area contributed by atoms with Crippen LogP contribution in [0.5, 0.6) is 11.5 Å². The van der Waals surface area contributed by atoms with Crippen LogP contribution in [0.1, 0.15) is 92.6 Å². The number of carbonyl (C=O) groups excluding carboxylic acids is 1. The predicted octanol–water partition coefficient (Wildman–Crippen LogP) is 9.73. The van der Waals surface area contributed by atoms with Crippen molar-refractivity contribution >= 4 is 34.6 Å². The van der Waals surface area contributed by atoms with Crippen molar-refractivity contribution in [1.29, 1.82) is 5.41 Å². The largest absolute Gasteiger partial charge is 0.501 e. The van der Waals surface area contributed by atoms with Crippen molar-refractivity contribution in [2.24, 2.45) is 17.8 Å². The number of esters is 1. The highest BCUT2D eigenvalue weighted by Crippen LogP contribution is 2.43. The Labute approximate surface area is 284 Å². The zero-order valence-electron chi connectivity index (χ0n) is 27.7. The van der Waals surface area contributed by atoms with Gasteiger partial charge in [0, 0.05) is 23.1 Å². The molecule has 0 amide bonds. The summed E-state index contributed by atoms with van der Waals surface area (Å²) in [7, 11) is 0. The van der Waals surface area contributed by atoms with Gasteiger partial charge in [0.1, 0.15) is 18.1 Å². The molecule has 0 spiro atoms. The molecule has 3 aromatic carbocycles. The Balaban J connectivity index is 1.16. The first-order chi connectivity index (χ1) is 22.9. The van der Waals surface area contributed by atoms with Gasteiger partial charge in [-0.3, -0.25) is 0 Å². The number of fused-ring (bicyclic) bond motifs is 1. The number of hydrogen-bond donors (Lipinski definition) is 1. The summed E-state index contributed by atoms with van der Waals surface area (Å²) >= 11 is 7.02. The summed E-state index contributed by atoms with van der Waals surface area (Å²) in [5.41, 5.74) is 2.08. The molecule has 0 radical (unpaired) electrons.